The average molecular weight is 402 g/mol. The Bertz CT molecular complexity index is 793. The van der Waals surface area contributed by atoms with Gasteiger partial charge in [-0.3, -0.25) is 14.4 Å². The standard InChI is InChI=1S/C21H26N2O6/c24-19(23-9-3-5-14-4-1-2-6-16(14)23)12-27-20(25)11-22-21(26)15-7-8-17-18(10-15)29-13-28-17/h7-8,10,14,16H,1-6,9,11-13H2,(H,22,26)/t14-,16+/m0/s1. The van der Waals surface area contributed by atoms with Crippen LogP contribution in [0.1, 0.15) is 48.9 Å². The minimum atomic E-state index is -0.635. The molecule has 2 heterocycles. The quantitative estimate of drug-likeness (QED) is 0.756. The van der Waals surface area contributed by atoms with E-state index in [1.807, 2.05) is 4.90 Å². The fraction of sp³-hybridized carbons (Fsp3) is 0.571. The summed E-state index contributed by atoms with van der Waals surface area (Å²) >= 11 is 0. The monoisotopic (exact) mass is 402 g/mol. The first-order valence-electron chi connectivity index (χ1n) is 10.2. The van der Waals surface area contributed by atoms with Crippen molar-refractivity contribution < 1.29 is 28.6 Å². The second kappa shape index (κ2) is 8.71. The Morgan fingerprint density at radius 3 is 2.76 bits per heavy atom. The maximum atomic E-state index is 12.6. The summed E-state index contributed by atoms with van der Waals surface area (Å²) in [5, 5.41) is 2.50. The summed E-state index contributed by atoms with van der Waals surface area (Å²) in [4.78, 5) is 38.6. The van der Waals surface area contributed by atoms with Gasteiger partial charge in [0, 0.05) is 18.2 Å². The zero-order valence-electron chi connectivity index (χ0n) is 16.4. The van der Waals surface area contributed by atoms with Gasteiger partial charge in [0.25, 0.3) is 11.8 Å². The third-order valence-corrected chi connectivity index (χ3v) is 5.95. The van der Waals surface area contributed by atoms with Crippen LogP contribution in [0.15, 0.2) is 18.2 Å². The van der Waals surface area contributed by atoms with Crippen LogP contribution in [0.5, 0.6) is 11.5 Å². The maximum absolute atomic E-state index is 12.6. The van der Waals surface area contributed by atoms with E-state index in [-0.39, 0.29) is 31.9 Å². The van der Waals surface area contributed by atoms with Crippen molar-refractivity contribution in [3.05, 3.63) is 23.8 Å². The molecule has 4 rings (SSSR count). The fourth-order valence-corrected chi connectivity index (χ4v) is 4.50. The largest absolute Gasteiger partial charge is 0.454 e. The highest BCUT2D eigenvalue weighted by atomic mass is 16.7. The van der Waals surface area contributed by atoms with Crippen molar-refractivity contribution in [2.45, 2.75) is 44.6 Å². The summed E-state index contributed by atoms with van der Waals surface area (Å²) < 4.78 is 15.6. The Labute approximate surface area is 169 Å². The van der Waals surface area contributed by atoms with E-state index in [0.29, 0.717) is 23.0 Å². The van der Waals surface area contributed by atoms with Crippen LogP contribution in [-0.4, -0.2) is 55.2 Å². The number of rotatable bonds is 5. The molecule has 2 atom stereocenters. The second-order valence-electron chi connectivity index (χ2n) is 7.75. The number of hydrogen-bond donors (Lipinski definition) is 1. The molecule has 1 aromatic rings. The number of piperidine rings is 1. The highest BCUT2D eigenvalue weighted by molar-refractivity contribution is 5.96. The second-order valence-corrected chi connectivity index (χ2v) is 7.75. The summed E-state index contributed by atoms with van der Waals surface area (Å²) in [6.07, 6.45) is 6.79. The molecule has 1 saturated heterocycles. The minimum absolute atomic E-state index is 0.124. The lowest BCUT2D eigenvalue weighted by Crippen LogP contribution is -2.51. The third-order valence-electron chi connectivity index (χ3n) is 5.95. The molecular weight excluding hydrogens is 376 g/mol. The number of nitrogens with zero attached hydrogens (tertiary/aromatic N) is 1. The zero-order chi connectivity index (χ0) is 20.2. The van der Waals surface area contributed by atoms with E-state index in [1.54, 1.807) is 18.2 Å². The molecule has 3 aliphatic rings. The molecule has 0 radical (unpaired) electrons. The Morgan fingerprint density at radius 1 is 1.07 bits per heavy atom. The molecule has 0 aromatic heterocycles. The van der Waals surface area contributed by atoms with Gasteiger partial charge >= 0.3 is 5.97 Å². The number of hydrogen-bond acceptors (Lipinski definition) is 6. The molecule has 0 unspecified atom stereocenters. The lowest BCUT2D eigenvalue weighted by atomic mass is 9.78. The van der Waals surface area contributed by atoms with Gasteiger partial charge in [0.05, 0.1) is 0 Å². The molecule has 2 aliphatic heterocycles. The number of likely N-dealkylation sites (tertiary alicyclic amines) is 1. The van der Waals surface area contributed by atoms with E-state index < -0.39 is 11.9 Å². The summed E-state index contributed by atoms with van der Waals surface area (Å²) in [7, 11) is 0. The number of nitrogens with one attached hydrogen (secondary N) is 1. The molecule has 0 spiro atoms. The van der Waals surface area contributed by atoms with E-state index in [1.165, 1.54) is 19.3 Å². The fourth-order valence-electron chi connectivity index (χ4n) is 4.50. The van der Waals surface area contributed by atoms with Crippen molar-refractivity contribution >= 4 is 17.8 Å². The van der Waals surface area contributed by atoms with Gasteiger partial charge in [-0.2, -0.15) is 0 Å². The predicted molar refractivity (Wildman–Crippen MR) is 103 cm³/mol. The normalized spacial score (nSPS) is 22.6. The molecule has 1 saturated carbocycles. The van der Waals surface area contributed by atoms with Gasteiger partial charge in [-0.05, 0) is 49.8 Å². The summed E-state index contributed by atoms with van der Waals surface area (Å²) in [5.74, 6) is 0.457. The van der Waals surface area contributed by atoms with Gasteiger partial charge in [0.2, 0.25) is 6.79 Å². The highest BCUT2D eigenvalue weighted by Gasteiger charge is 2.35. The minimum Gasteiger partial charge on any atom is -0.454 e. The molecule has 29 heavy (non-hydrogen) atoms. The first kappa shape index (κ1) is 19.5. The van der Waals surface area contributed by atoms with Crippen LogP contribution in [0.4, 0.5) is 0 Å². The Hall–Kier alpha value is -2.77. The molecule has 8 nitrogen and oxygen atoms in total. The number of benzene rings is 1. The van der Waals surface area contributed by atoms with Crippen molar-refractivity contribution in [2.24, 2.45) is 5.92 Å². The number of ether oxygens (including phenoxy) is 3. The van der Waals surface area contributed by atoms with Gasteiger partial charge in [-0.25, -0.2) is 0 Å². The van der Waals surface area contributed by atoms with Crippen molar-refractivity contribution in [3.63, 3.8) is 0 Å². The van der Waals surface area contributed by atoms with Crippen LogP contribution in [-0.2, 0) is 14.3 Å². The Kier molecular flexibility index (Phi) is 5.87. The Morgan fingerprint density at radius 2 is 1.86 bits per heavy atom. The van der Waals surface area contributed by atoms with Crippen molar-refractivity contribution in [1.29, 1.82) is 0 Å². The van der Waals surface area contributed by atoms with Gasteiger partial charge in [0.15, 0.2) is 18.1 Å². The van der Waals surface area contributed by atoms with E-state index in [2.05, 4.69) is 5.32 Å². The molecular formula is C21H26N2O6. The lowest BCUT2D eigenvalue weighted by Gasteiger charge is -2.44. The first-order chi connectivity index (χ1) is 14.1. The molecule has 156 valence electrons. The number of amides is 2. The lowest BCUT2D eigenvalue weighted by molar-refractivity contribution is -0.154. The predicted octanol–water partition coefficient (Wildman–Crippen LogP) is 1.87. The van der Waals surface area contributed by atoms with Crippen LogP contribution in [0.3, 0.4) is 0 Å². The van der Waals surface area contributed by atoms with E-state index in [0.717, 1.165) is 25.8 Å². The van der Waals surface area contributed by atoms with Crippen LogP contribution in [0.25, 0.3) is 0 Å². The molecule has 1 aliphatic carbocycles. The van der Waals surface area contributed by atoms with Crippen molar-refractivity contribution in [3.8, 4) is 11.5 Å². The number of carbonyl (C=O) groups excluding carboxylic acids is 3. The Balaban J connectivity index is 1.22. The van der Waals surface area contributed by atoms with Crippen LogP contribution in [0.2, 0.25) is 0 Å². The van der Waals surface area contributed by atoms with E-state index in [4.69, 9.17) is 14.2 Å². The topological polar surface area (TPSA) is 94.2 Å². The van der Waals surface area contributed by atoms with E-state index in [9.17, 15) is 14.4 Å². The molecule has 2 fully saturated rings. The smallest absolute Gasteiger partial charge is 0.325 e. The SMILES string of the molecule is O=C(CNC(=O)c1ccc2c(c1)OCO2)OCC(=O)N1CCC[C@@H]2CCCC[C@H]21. The number of carbonyl (C=O) groups is 3. The molecule has 0 bridgehead atoms. The molecule has 2 amide bonds. The number of esters is 1. The molecule has 1 N–H and O–H groups in total. The van der Waals surface area contributed by atoms with Crippen molar-refractivity contribution in [2.75, 3.05) is 26.5 Å². The molecule has 1 aromatic carbocycles. The first-order valence-corrected chi connectivity index (χ1v) is 10.2. The summed E-state index contributed by atoms with van der Waals surface area (Å²) in [5.41, 5.74) is 0.356. The van der Waals surface area contributed by atoms with Crippen molar-refractivity contribution in [1.82, 2.24) is 10.2 Å². The summed E-state index contributed by atoms with van der Waals surface area (Å²) in [6.45, 7) is 0.284. The average Bonchev–Trinajstić information content (AvgIpc) is 3.23. The zero-order valence-corrected chi connectivity index (χ0v) is 16.4. The van der Waals surface area contributed by atoms with Gasteiger partial charge in [-0.1, -0.05) is 12.8 Å². The number of fused-ring (bicyclic) bond motifs is 2. The molecule has 8 heteroatoms. The summed E-state index contributed by atoms with van der Waals surface area (Å²) in [6, 6.07) is 5.08. The van der Waals surface area contributed by atoms with Crippen LogP contribution in [0, 0.1) is 5.92 Å². The van der Waals surface area contributed by atoms with E-state index >= 15 is 0 Å². The van der Waals surface area contributed by atoms with Gasteiger partial charge < -0.3 is 24.4 Å². The van der Waals surface area contributed by atoms with Gasteiger partial charge in [-0.15, -0.1) is 0 Å². The third kappa shape index (κ3) is 4.46. The highest BCUT2D eigenvalue weighted by Crippen LogP contribution is 2.35. The van der Waals surface area contributed by atoms with Gasteiger partial charge in [0.1, 0.15) is 6.54 Å². The van der Waals surface area contributed by atoms with Crippen LogP contribution < -0.4 is 14.8 Å². The maximum Gasteiger partial charge on any atom is 0.325 e. The van der Waals surface area contributed by atoms with Crippen LogP contribution >= 0.6 is 0 Å².